The number of esters is 1. The number of carbonyl (C=O) groups excluding carboxylic acids is 2. The van der Waals surface area contributed by atoms with E-state index in [4.69, 9.17) is 9.57 Å². The lowest BCUT2D eigenvalue weighted by Gasteiger charge is -2.22. The molecular weight excluding hydrogens is 404 g/mol. The molecule has 1 N–H and O–H groups in total. The molecule has 3 atom stereocenters. The van der Waals surface area contributed by atoms with Crippen molar-refractivity contribution in [3.05, 3.63) is 33.8 Å². The van der Waals surface area contributed by atoms with E-state index in [-0.39, 0.29) is 18.6 Å². The third-order valence-electron chi connectivity index (χ3n) is 4.51. The smallest absolute Gasteiger partial charge is 0.335 e. The highest BCUT2D eigenvalue weighted by Gasteiger charge is 2.44. The number of nitrogens with zero attached hydrogens (tertiary/aromatic N) is 1. The van der Waals surface area contributed by atoms with Crippen molar-refractivity contribution in [1.82, 2.24) is 5.32 Å². The van der Waals surface area contributed by atoms with Crippen LogP contribution in [-0.2, 0) is 23.9 Å². The number of aryl methyl sites for hydroxylation is 1. The number of halogens is 1. The van der Waals surface area contributed by atoms with Crippen molar-refractivity contribution in [1.29, 1.82) is 0 Å². The fraction of sp³-hybridized carbons (Fsp3) is 0.500. The van der Waals surface area contributed by atoms with E-state index in [1.54, 1.807) is 6.92 Å². The maximum Gasteiger partial charge on any atom is 0.335 e. The molecule has 26 heavy (non-hydrogen) atoms. The summed E-state index contributed by atoms with van der Waals surface area (Å²) in [4.78, 5) is 29.7. The Morgan fingerprint density at radius 1 is 1.38 bits per heavy atom. The molecule has 0 saturated carbocycles. The van der Waals surface area contributed by atoms with Gasteiger partial charge in [0.15, 0.2) is 6.10 Å². The van der Waals surface area contributed by atoms with Crippen LogP contribution >= 0.6 is 15.9 Å². The van der Waals surface area contributed by atoms with E-state index in [2.05, 4.69) is 31.1 Å². The first kappa shape index (κ1) is 18.8. The Morgan fingerprint density at radius 2 is 2.15 bits per heavy atom. The quantitative estimate of drug-likeness (QED) is 0.747. The molecule has 1 amide bonds. The fourth-order valence-electron chi connectivity index (χ4n) is 3.08. The van der Waals surface area contributed by atoms with Gasteiger partial charge in [0.05, 0.1) is 25.5 Å². The molecule has 2 aliphatic heterocycles. The van der Waals surface area contributed by atoms with Gasteiger partial charge in [-0.1, -0.05) is 27.2 Å². The third kappa shape index (κ3) is 3.91. The number of hydrogen-bond acceptors (Lipinski definition) is 6. The monoisotopic (exact) mass is 424 g/mol. The maximum atomic E-state index is 12.7. The lowest BCUT2D eigenvalue weighted by molar-refractivity contribution is -0.151. The summed E-state index contributed by atoms with van der Waals surface area (Å²) in [5, 5.41) is 7.01. The molecule has 0 aliphatic carbocycles. The van der Waals surface area contributed by atoms with E-state index in [0.717, 1.165) is 21.3 Å². The number of hydrogen-bond donors (Lipinski definition) is 1. The molecule has 3 rings (SSSR count). The number of nitrogens with one attached hydrogen (secondary N) is 1. The van der Waals surface area contributed by atoms with Crippen LogP contribution in [0.25, 0.3) is 0 Å². The van der Waals surface area contributed by atoms with Crippen molar-refractivity contribution in [3.8, 4) is 0 Å². The first-order chi connectivity index (χ1) is 12.3. The Morgan fingerprint density at radius 3 is 2.85 bits per heavy atom. The van der Waals surface area contributed by atoms with Gasteiger partial charge in [-0.25, -0.2) is 4.79 Å². The number of amides is 1. The minimum Gasteiger partial charge on any atom is -0.467 e. The second kappa shape index (κ2) is 7.36. The van der Waals surface area contributed by atoms with Gasteiger partial charge >= 0.3 is 5.97 Å². The van der Waals surface area contributed by atoms with E-state index >= 15 is 0 Å². The molecule has 8 heteroatoms. The van der Waals surface area contributed by atoms with Crippen LogP contribution in [0.3, 0.4) is 0 Å². The van der Waals surface area contributed by atoms with Gasteiger partial charge in [-0.05, 0) is 31.5 Å². The average molecular weight is 425 g/mol. The van der Waals surface area contributed by atoms with Crippen LogP contribution in [-0.4, -0.2) is 49.1 Å². The Kier molecular flexibility index (Phi) is 5.34. The first-order valence-electron chi connectivity index (χ1n) is 8.34. The lowest BCUT2D eigenvalue weighted by atomic mass is 9.94. The van der Waals surface area contributed by atoms with Crippen LogP contribution in [0.1, 0.15) is 30.9 Å². The van der Waals surface area contributed by atoms with Crippen molar-refractivity contribution in [2.24, 2.45) is 5.16 Å². The number of oxime groups is 1. The predicted octanol–water partition coefficient (Wildman–Crippen LogP) is 2.09. The van der Waals surface area contributed by atoms with Gasteiger partial charge < -0.3 is 19.6 Å². The zero-order chi connectivity index (χ0) is 18.9. The minimum absolute atomic E-state index is 0.260. The second-order valence-electron chi connectivity index (χ2n) is 6.81. The largest absolute Gasteiger partial charge is 0.467 e. The topological polar surface area (TPSA) is 86.2 Å². The van der Waals surface area contributed by atoms with E-state index in [0.29, 0.717) is 12.8 Å². The number of benzene rings is 1. The van der Waals surface area contributed by atoms with Crippen molar-refractivity contribution in [2.45, 2.75) is 44.4 Å². The van der Waals surface area contributed by atoms with Gasteiger partial charge in [0.25, 0.3) is 5.91 Å². The van der Waals surface area contributed by atoms with Gasteiger partial charge in [-0.15, -0.1) is 0 Å². The molecule has 0 aromatic heterocycles. The summed E-state index contributed by atoms with van der Waals surface area (Å²) in [7, 11) is 1.31. The number of rotatable bonds is 4. The van der Waals surface area contributed by atoms with E-state index in [1.807, 2.05) is 25.1 Å². The molecule has 1 fully saturated rings. The van der Waals surface area contributed by atoms with Crippen LogP contribution in [0, 0.1) is 6.92 Å². The predicted molar refractivity (Wildman–Crippen MR) is 97.8 cm³/mol. The molecule has 0 spiro atoms. The maximum absolute atomic E-state index is 12.7. The van der Waals surface area contributed by atoms with Crippen molar-refractivity contribution < 1.29 is 23.9 Å². The summed E-state index contributed by atoms with van der Waals surface area (Å²) in [6, 6.07) is 5.69. The van der Waals surface area contributed by atoms with Crippen molar-refractivity contribution in [3.63, 3.8) is 0 Å². The molecule has 1 saturated heterocycles. The van der Waals surface area contributed by atoms with E-state index in [9.17, 15) is 9.59 Å². The molecule has 0 bridgehead atoms. The van der Waals surface area contributed by atoms with Gasteiger partial charge in [0.1, 0.15) is 0 Å². The summed E-state index contributed by atoms with van der Waals surface area (Å²) in [6.45, 7) is 3.96. The highest BCUT2D eigenvalue weighted by Crippen LogP contribution is 2.29. The van der Waals surface area contributed by atoms with E-state index in [1.165, 1.54) is 7.11 Å². The normalized spacial score (nSPS) is 27.6. The molecule has 1 aromatic carbocycles. The van der Waals surface area contributed by atoms with Crippen molar-refractivity contribution in [2.75, 3.05) is 13.7 Å². The molecule has 7 nitrogen and oxygen atoms in total. The van der Waals surface area contributed by atoms with Gasteiger partial charge in [0.2, 0.25) is 5.60 Å². The summed E-state index contributed by atoms with van der Waals surface area (Å²) in [5.41, 5.74) is 1.65. The lowest BCUT2D eigenvalue weighted by Crippen LogP contribution is -2.49. The van der Waals surface area contributed by atoms with Crippen LogP contribution in [0.15, 0.2) is 27.8 Å². The molecule has 2 heterocycles. The molecule has 1 aromatic rings. The van der Waals surface area contributed by atoms with Gasteiger partial charge in [-0.2, -0.15) is 0 Å². The molecule has 0 radical (unpaired) electrons. The Bertz CT molecular complexity index is 746. The van der Waals surface area contributed by atoms with E-state index < -0.39 is 17.7 Å². The van der Waals surface area contributed by atoms with Crippen LogP contribution in [0.4, 0.5) is 0 Å². The highest BCUT2D eigenvalue weighted by atomic mass is 79.9. The Labute approximate surface area is 160 Å². The summed E-state index contributed by atoms with van der Waals surface area (Å²) in [5.74, 6) is -0.706. The molecular formula is C18H21BrN2O5. The number of ether oxygens (including phenoxy) is 2. The summed E-state index contributed by atoms with van der Waals surface area (Å²) >= 11 is 3.47. The van der Waals surface area contributed by atoms with Crippen LogP contribution in [0.5, 0.6) is 0 Å². The SMILES string of the molecule is COC(=O)C1CC(NC(=O)C2(C)CC(c3cc(C)cc(Br)c3)=NO2)CO1. The average Bonchev–Trinajstić information content (AvgIpc) is 3.21. The number of methoxy groups -OCH3 is 1. The van der Waals surface area contributed by atoms with Crippen LogP contribution in [0.2, 0.25) is 0 Å². The second-order valence-corrected chi connectivity index (χ2v) is 7.72. The highest BCUT2D eigenvalue weighted by molar-refractivity contribution is 9.10. The zero-order valence-corrected chi connectivity index (χ0v) is 16.5. The zero-order valence-electron chi connectivity index (χ0n) is 14.9. The van der Waals surface area contributed by atoms with Crippen molar-refractivity contribution >= 4 is 33.5 Å². The third-order valence-corrected chi connectivity index (χ3v) is 4.97. The number of carbonyl (C=O) groups is 2. The van der Waals surface area contributed by atoms with Gasteiger partial charge in [-0.3, -0.25) is 4.79 Å². The minimum atomic E-state index is -1.09. The fourth-order valence-corrected chi connectivity index (χ4v) is 3.69. The Balaban J connectivity index is 1.62. The van der Waals surface area contributed by atoms with Gasteiger partial charge in [0, 0.05) is 22.9 Å². The first-order valence-corrected chi connectivity index (χ1v) is 9.13. The Hall–Kier alpha value is -1.93. The molecule has 140 valence electrons. The standard InChI is InChI=1S/C18H21BrN2O5/c1-10-4-11(6-12(19)5-10)14-8-18(2,26-21-14)17(23)20-13-7-15(25-9-13)16(22)24-3/h4-6,13,15H,7-9H2,1-3H3,(H,20,23). The summed E-state index contributed by atoms with van der Waals surface area (Å²) in [6.07, 6.45) is 0.106. The molecule has 2 aliphatic rings. The summed E-state index contributed by atoms with van der Waals surface area (Å²) < 4.78 is 11.0. The molecule has 3 unspecified atom stereocenters. The van der Waals surface area contributed by atoms with Crippen LogP contribution < -0.4 is 5.32 Å².